The molecule has 5 nitrogen and oxygen atoms in total. The standard InChI is InChI=1S/C29H36N4O/c1-5-8-9-13-22-19-29(22,6-2)31-28(34)21-15-16-25-23(17-21)30-27(32(25)4)26-18-20-12-10-11-14-24(20)33(26)7-3/h10-12,14-18,22H,5-9,13,19H2,1-4H3,(H,31,34). The van der Waals surface area contributed by atoms with Gasteiger partial charge in [-0.3, -0.25) is 4.79 Å². The average Bonchev–Trinajstić information content (AvgIpc) is 3.24. The van der Waals surface area contributed by atoms with Gasteiger partial charge in [-0.1, -0.05) is 51.3 Å². The molecule has 2 unspecified atom stereocenters. The first-order valence-corrected chi connectivity index (χ1v) is 12.9. The van der Waals surface area contributed by atoms with Gasteiger partial charge in [-0.25, -0.2) is 4.98 Å². The molecule has 2 heterocycles. The van der Waals surface area contributed by atoms with Crippen LogP contribution in [0, 0.1) is 5.92 Å². The molecule has 0 bridgehead atoms. The second kappa shape index (κ2) is 8.94. The molecule has 5 heteroatoms. The molecule has 1 aliphatic rings. The number of nitrogens with one attached hydrogen (secondary N) is 1. The lowest BCUT2D eigenvalue weighted by Crippen LogP contribution is -2.38. The Morgan fingerprint density at radius 3 is 2.68 bits per heavy atom. The molecule has 0 saturated heterocycles. The highest BCUT2D eigenvalue weighted by molar-refractivity contribution is 5.98. The Kier molecular flexibility index (Phi) is 5.97. The summed E-state index contributed by atoms with van der Waals surface area (Å²) in [5, 5.41) is 4.60. The molecule has 0 radical (unpaired) electrons. The van der Waals surface area contributed by atoms with E-state index < -0.39 is 0 Å². The summed E-state index contributed by atoms with van der Waals surface area (Å²) in [6.45, 7) is 7.47. The van der Waals surface area contributed by atoms with Crippen LogP contribution in [0.4, 0.5) is 0 Å². The first kappa shape index (κ1) is 22.7. The Hall–Kier alpha value is -3.08. The van der Waals surface area contributed by atoms with Crippen LogP contribution < -0.4 is 5.32 Å². The molecule has 1 saturated carbocycles. The van der Waals surface area contributed by atoms with Crippen molar-refractivity contribution >= 4 is 27.8 Å². The third-order valence-electron chi connectivity index (χ3n) is 7.88. The van der Waals surface area contributed by atoms with E-state index in [1.165, 1.54) is 36.6 Å². The molecule has 4 aromatic rings. The van der Waals surface area contributed by atoms with Gasteiger partial charge < -0.3 is 14.5 Å². The van der Waals surface area contributed by atoms with Gasteiger partial charge in [0.1, 0.15) is 0 Å². The third kappa shape index (κ3) is 3.81. The summed E-state index contributed by atoms with van der Waals surface area (Å²) in [5.74, 6) is 1.57. The minimum absolute atomic E-state index is 0.0167. The van der Waals surface area contributed by atoms with Crippen LogP contribution in [0.5, 0.6) is 0 Å². The van der Waals surface area contributed by atoms with Crippen LogP contribution in [-0.2, 0) is 13.6 Å². The Balaban J connectivity index is 1.43. The predicted molar refractivity (Wildman–Crippen MR) is 140 cm³/mol. The number of unbranched alkanes of at least 4 members (excludes halogenated alkanes) is 2. The van der Waals surface area contributed by atoms with Crippen LogP contribution in [-0.4, -0.2) is 25.6 Å². The molecule has 2 aromatic heterocycles. The lowest BCUT2D eigenvalue weighted by atomic mass is 10.0. The molecule has 2 aromatic carbocycles. The number of para-hydroxylation sites is 1. The van der Waals surface area contributed by atoms with E-state index in [0.717, 1.165) is 41.9 Å². The first-order valence-electron chi connectivity index (χ1n) is 12.9. The maximum Gasteiger partial charge on any atom is 0.251 e. The highest BCUT2D eigenvalue weighted by Gasteiger charge is 2.52. The largest absolute Gasteiger partial charge is 0.346 e. The number of imidazole rings is 1. The lowest BCUT2D eigenvalue weighted by molar-refractivity contribution is 0.0925. The normalized spacial score (nSPS) is 19.7. The number of fused-ring (bicyclic) bond motifs is 2. The van der Waals surface area contributed by atoms with Crippen molar-refractivity contribution in [2.45, 2.75) is 71.4 Å². The van der Waals surface area contributed by atoms with E-state index in [-0.39, 0.29) is 11.4 Å². The van der Waals surface area contributed by atoms with E-state index in [0.29, 0.717) is 11.5 Å². The van der Waals surface area contributed by atoms with Gasteiger partial charge in [-0.05, 0) is 62.4 Å². The lowest BCUT2D eigenvalue weighted by Gasteiger charge is -2.18. The zero-order valence-corrected chi connectivity index (χ0v) is 20.9. The van der Waals surface area contributed by atoms with Crippen molar-refractivity contribution in [1.29, 1.82) is 0 Å². The van der Waals surface area contributed by atoms with Crippen molar-refractivity contribution in [2.24, 2.45) is 13.0 Å². The number of benzene rings is 2. The molecular weight excluding hydrogens is 420 g/mol. The molecular formula is C29H36N4O. The van der Waals surface area contributed by atoms with Gasteiger partial charge in [-0.15, -0.1) is 0 Å². The number of amides is 1. The number of rotatable bonds is 9. The fraction of sp³-hybridized carbons (Fsp3) is 0.448. The second-order valence-corrected chi connectivity index (χ2v) is 9.89. The number of hydrogen-bond donors (Lipinski definition) is 1. The molecule has 178 valence electrons. The zero-order chi connectivity index (χ0) is 23.9. The van der Waals surface area contributed by atoms with E-state index >= 15 is 0 Å². The summed E-state index contributed by atoms with van der Waals surface area (Å²) in [6.07, 6.45) is 7.10. The number of carbonyl (C=O) groups is 1. The number of aryl methyl sites for hydroxylation is 2. The fourth-order valence-corrected chi connectivity index (χ4v) is 5.68. The first-order chi connectivity index (χ1) is 16.5. The van der Waals surface area contributed by atoms with E-state index in [1.807, 2.05) is 18.2 Å². The fourth-order valence-electron chi connectivity index (χ4n) is 5.68. The molecule has 5 rings (SSSR count). The number of carbonyl (C=O) groups excluding carboxylic acids is 1. The highest BCUT2D eigenvalue weighted by atomic mass is 16.1. The number of nitrogens with zero attached hydrogens (tertiary/aromatic N) is 3. The number of hydrogen-bond acceptors (Lipinski definition) is 2. The van der Waals surface area contributed by atoms with Crippen molar-refractivity contribution in [3.63, 3.8) is 0 Å². The molecule has 0 aliphatic heterocycles. The summed E-state index contributed by atoms with van der Waals surface area (Å²) in [7, 11) is 2.05. The van der Waals surface area contributed by atoms with Crippen LogP contribution in [0.3, 0.4) is 0 Å². The Labute approximate surface area is 202 Å². The van der Waals surface area contributed by atoms with Crippen molar-refractivity contribution in [1.82, 2.24) is 19.4 Å². The van der Waals surface area contributed by atoms with Gasteiger partial charge in [0, 0.05) is 35.6 Å². The Morgan fingerprint density at radius 1 is 1.09 bits per heavy atom. The molecule has 1 fully saturated rings. The highest BCUT2D eigenvalue weighted by Crippen LogP contribution is 2.49. The Bertz CT molecular complexity index is 1350. The van der Waals surface area contributed by atoms with Gasteiger partial charge in [0.2, 0.25) is 0 Å². The SMILES string of the molecule is CCCCCC1CC1(CC)NC(=O)c1ccc2c(c1)nc(-c1cc3ccccc3n1CC)n2C. The molecule has 2 atom stereocenters. The summed E-state index contributed by atoms with van der Waals surface area (Å²) in [4.78, 5) is 18.2. The third-order valence-corrected chi connectivity index (χ3v) is 7.88. The molecule has 1 aliphatic carbocycles. The van der Waals surface area contributed by atoms with E-state index in [2.05, 4.69) is 72.6 Å². The molecule has 1 amide bonds. The summed E-state index contributed by atoms with van der Waals surface area (Å²) >= 11 is 0. The summed E-state index contributed by atoms with van der Waals surface area (Å²) < 4.78 is 4.44. The topological polar surface area (TPSA) is 51.9 Å². The number of aromatic nitrogens is 3. The van der Waals surface area contributed by atoms with Gasteiger partial charge in [-0.2, -0.15) is 0 Å². The summed E-state index contributed by atoms with van der Waals surface area (Å²) in [5.41, 5.74) is 4.89. The second-order valence-electron chi connectivity index (χ2n) is 9.89. The quantitative estimate of drug-likeness (QED) is 0.285. The van der Waals surface area contributed by atoms with E-state index in [1.54, 1.807) is 0 Å². The Morgan fingerprint density at radius 2 is 1.91 bits per heavy atom. The minimum atomic E-state index is -0.0167. The van der Waals surface area contributed by atoms with Crippen molar-refractivity contribution < 1.29 is 4.79 Å². The zero-order valence-electron chi connectivity index (χ0n) is 20.9. The monoisotopic (exact) mass is 456 g/mol. The van der Waals surface area contributed by atoms with Crippen molar-refractivity contribution in [3.8, 4) is 11.5 Å². The van der Waals surface area contributed by atoms with Crippen LogP contribution in [0.25, 0.3) is 33.5 Å². The van der Waals surface area contributed by atoms with Crippen LogP contribution >= 0.6 is 0 Å². The summed E-state index contributed by atoms with van der Waals surface area (Å²) in [6, 6.07) is 16.6. The van der Waals surface area contributed by atoms with Gasteiger partial charge in [0.15, 0.2) is 5.82 Å². The van der Waals surface area contributed by atoms with Gasteiger partial charge >= 0.3 is 0 Å². The van der Waals surface area contributed by atoms with Crippen LogP contribution in [0.2, 0.25) is 0 Å². The van der Waals surface area contributed by atoms with E-state index in [9.17, 15) is 4.79 Å². The maximum atomic E-state index is 13.2. The van der Waals surface area contributed by atoms with Gasteiger partial charge in [0.05, 0.1) is 16.7 Å². The average molecular weight is 457 g/mol. The predicted octanol–water partition coefficient (Wildman–Crippen LogP) is 6.69. The molecule has 1 N–H and O–H groups in total. The van der Waals surface area contributed by atoms with Crippen LogP contribution in [0.15, 0.2) is 48.5 Å². The maximum absolute atomic E-state index is 13.2. The molecule has 34 heavy (non-hydrogen) atoms. The van der Waals surface area contributed by atoms with Crippen LogP contribution in [0.1, 0.15) is 69.7 Å². The van der Waals surface area contributed by atoms with Crippen molar-refractivity contribution in [3.05, 3.63) is 54.1 Å². The van der Waals surface area contributed by atoms with E-state index in [4.69, 9.17) is 4.98 Å². The van der Waals surface area contributed by atoms with Gasteiger partial charge in [0.25, 0.3) is 5.91 Å². The molecule has 0 spiro atoms. The minimum Gasteiger partial charge on any atom is -0.346 e. The smallest absolute Gasteiger partial charge is 0.251 e. The van der Waals surface area contributed by atoms with Crippen molar-refractivity contribution in [2.75, 3.05) is 0 Å².